The van der Waals surface area contributed by atoms with Crippen LogP contribution in [-0.2, 0) is 17.5 Å². The van der Waals surface area contributed by atoms with Crippen LogP contribution in [0.5, 0.6) is 0 Å². The van der Waals surface area contributed by atoms with Crippen molar-refractivity contribution in [1.82, 2.24) is 19.9 Å². The molecule has 36 heavy (non-hydrogen) atoms. The highest BCUT2D eigenvalue weighted by Gasteiger charge is 2.41. The van der Waals surface area contributed by atoms with Crippen molar-refractivity contribution in [3.63, 3.8) is 0 Å². The van der Waals surface area contributed by atoms with Gasteiger partial charge in [0.05, 0.1) is 29.7 Å². The average molecular weight is 493 g/mol. The molecule has 1 aromatic carbocycles. The summed E-state index contributed by atoms with van der Waals surface area (Å²) >= 11 is 0. The van der Waals surface area contributed by atoms with E-state index in [4.69, 9.17) is 0 Å². The summed E-state index contributed by atoms with van der Waals surface area (Å²) in [6, 6.07) is 8.17. The number of anilines is 2. The van der Waals surface area contributed by atoms with E-state index in [-0.39, 0.29) is 11.7 Å². The number of fused-ring (bicyclic) bond motifs is 2. The Bertz CT molecular complexity index is 1360. The van der Waals surface area contributed by atoms with Crippen LogP contribution in [0.1, 0.15) is 36.2 Å². The Morgan fingerprint density at radius 2 is 1.83 bits per heavy atom. The molecular formula is C26H23F3N6O. The SMILES string of the molecule is O=C(Nc1cnc(C(F)(F)F)nc1)C1=C2CC2Nc2ccc(-c3cncc(CN4CCCC4)c3)cc21. The molecule has 1 saturated heterocycles. The Morgan fingerprint density at radius 1 is 1.06 bits per heavy atom. The number of amides is 1. The predicted octanol–water partition coefficient (Wildman–Crippen LogP) is 4.74. The van der Waals surface area contributed by atoms with Gasteiger partial charge >= 0.3 is 6.18 Å². The van der Waals surface area contributed by atoms with E-state index in [1.807, 2.05) is 30.6 Å². The number of halogens is 3. The molecule has 10 heteroatoms. The van der Waals surface area contributed by atoms with Gasteiger partial charge in [0, 0.05) is 35.8 Å². The average Bonchev–Trinajstić information content (AvgIpc) is 3.44. The fraction of sp³-hybridized carbons (Fsp3) is 0.308. The van der Waals surface area contributed by atoms with E-state index in [0.717, 1.165) is 72.0 Å². The van der Waals surface area contributed by atoms with Gasteiger partial charge in [0.1, 0.15) is 0 Å². The monoisotopic (exact) mass is 492 g/mol. The summed E-state index contributed by atoms with van der Waals surface area (Å²) in [4.78, 5) is 26.8. The van der Waals surface area contributed by atoms with Crippen molar-refractivity contribution in [2.75, 3.05) is 23.7 Å². The van der Waals surface area contributed by atoms with Gasteiger partial charge < -0.3 is 10.6 Å². The summed E-state index contributed by atoms with van der Waals surface area (Å²) in [5.74, 6) is -1.64. The second kappa shape index (κ2) is 8.70. The molecule has 1 saturated carbocycles. The highest BCUT2D eigenvalue weighted by molar-refractivity contribution is 6.29. The number of hydrogen-bond acceptors (Lipinski definition) is 6. The van der Waals surface area contributed by atoms with Crippen LogP contribution >= 0.6 is 0 Å². The van der Waals surface area contributed by atoms with Crippen LogP contribution < -0.4 is 10.6 Å². The van der Waals surface area contributed by atoms with Crippen molar-refractivity contribution >= 4 is 22.9 Å². The first-order valence-corrected chi connectivity index (χ1v) is 11.9. The fourth-order valence-corrected chi connectivity index (χ4v) is 4.92. The molecule has 1 unspecified atom stereocenters. The highest BCUT2D eigenvalue weighted by atomic mass is 19.4. The first-order chi connectivity index (χ1) is 17.3. The highest BCUT2D eigenvalue weighted by Crippen LogP contribution is 2.47. The van der Waals surface area contributed by atoms with Crippen LogP contribution in [0.15, 0.2) is 54.6 Å². The van der Waals surface area contributed by atoms with E-state index < -0.39 is 17.9 Å². The molecule has 1 atom stereocenters. The van der Waals surface area contributed by atoms with Crippen LogP contribution in [0.25, 0.3) is 16.7 Å². The molecule has 1 aliphatic carbocycles. The first-order valence-electron chi connectivity index (χ1n) is 11.9. The maximum Gasteiger partial charge on any atom is 0.451 e. The first kappa shape index (κ1) is 22.7. The molecule has 2 aromatic heterocycles. The van der Waals surface area contributed by atoms with Gasteiger partial charge in [0.2, 0.25) is 5.82 Å². The molecule has 2 fully saturated rings. The van der Waals surface area contributed by atoms with Gasteiger partial charge in [0.25, 0.3) is 5.91 Å². The fourth-order valence-electron chi connectivity index (χ4n) is 4.92. The molecule has 3 aliphatic rings. The van der Waals surface area contributed by atoms with Gasteiger partial charge in [-0.15, -0.1) is 0 Å². The van der Waals surface area contributed by atoms with Crippen molar-refractivity contribution < 1.29 is 18.0 Å². The third-order valence-corrected chi connectivity index (χ3v) is 6.75. The summed E-state index contributed by atoms with van der Waals surface area (Å²) in [5, 5.41) is 6.10. The maximum atomic E-state index is 13.3. The van der Waals surface area contributed by atoms with Crippen LogP contribution in [0.4, 0.5) is 24.5 Å². The van der Waals surface area contributed by atoms with Gasteiger partial charge in [-0.3, -0.25) is 14.7 Å². The van der Waals surface area contributed by atoms with Crippen molar-refractivity contribution in [3.8, 4) is 11.1 Å². The van der Waals surface area contributed by atoms with Gasteiger partial charge in [-0.25, -0.2) is 9.97 Å². The zero-order valence-electron chi connectivity index (χ0n) is 19.3. The largest absolute Gasteiger partial charge is 0.451 e. The number of pyridine rings is 1. The number of carbonyl (C=O) groups excluding carboxylic acids is 1. The smallest absolute Gasteiger partial charge is 0.378 e. The van der Waals surface area contributed by atoms with Gasteiger partial charge in [-0.2, -0.15) is 13.2 Å². The lowest BCUT2D eigenvalue weighted by Gasteiger charge is -2.20. The molecule has 2 N–H and O–H groups in total. The van der Waals surface area contributed by atoms with Crippen LogP contribution in [-0.4, -0.2) is 44.9 Å². The Labute approximate surface area is 205 Å². The van der Waals surface area contributed by atoms with E-state index in [1.54, 1.807) is 0 Å². The Morgan fingerprint density at radius 3 is 2.58 bits per heavy atom. The Balaban J connectivity index is 1.27. The molecule has 6 rings (SSSR count). The number of nitrogens with one attached hydrogen (secondary N) is 2. The van der Waals surface area contributed by atoms with Crippen molar-refractivity contribution in [3.05, 3.63) is 71.6 Å². The lowest BCUT2D eigenvalue weighted by Crippen LogP contribution is -2.20. The zero-order valence-corrected chi connectivity index (χ0v) is 19.3. The Kier molecular flexibility index (Phi) is 5.48. The van der Waals surface area contributed by atoms with E-state index in [9.17, 15) is 18.0 Å². The molecule has 0 spiro atoms. The number of aromatic nitrogens is 3. The minimum atomic E-state index is -4.64. The van der Waals surface area contributed by atoms with Crippen LogP contribution in [0.3, 0.4) is 0 Å². The summed E-state index contributed by atoms with van der Waals surface area (Å²) in [6.45, 7) is 3.07. The second-order valence-corrected chi connectivity index (χ2v) is 9.37. The third kappa shape index (κ3) is 4.44. The number of rotatable bonds is 5. The number of hydrogen-bond donors (Lipinski definition) is 2. The number of likely N-dealkylation sites (tertiary alicyclic amines) is 1. The van der Waals surface area contributed by atoms with Gasteiger partial charge in [-0.05, 0) is 67.3 Å². The molecule has 0 radical (unpaired) electrons. The predicted molar refractivity (Wildman–Crippen MR) is 129 cm³/mol. The lowest BCUT2D eigenvalue weighted by atomic mass is 9.94. The van der Waals surface area contributed by atoms with Crippen molar-refractivity contribution in [2.24, 2.45) is 0 Å². The minimum Gasteiger partial charge on any atom is -0.378 e. The summed E-state index contributed by atoms with van der Waals surface area (Å²) in [7, 11) is 0. The quantitative estimate of drug-likeness (QED) is 0.535. The van der Waals surface area contributed by atoms with Gasteiger partial charge in [0.15, 0.2) is 0 Å². The number of benzene rings is 1. The molecule has 1 amide bonds. The van der Waals surface area contributed by atoms with E-state index >= 15 is 0 Å². The molecular weight excluding hydrogens is 469 g/mol. The minimum absolute atomic E-state index is 0.0958. The second-order valence-electron chi connectivity index (χ2n) is 9.37. The number of carbonyl (C=O) groups is 1. The number of nitrogens with zero attached hydrogens (tertiary/aromatic N) is 4. The van der Waals surface area contributed by atoms with E-state index in [2.05, 4.69) is 36.6 Å². The Hall–Kier alpha value is -3.79. The maximum absolute atomic E-state index is 13.3. The molecule has 3 aromatic rings. The standard InChI is InChI=1S/C26H23F3N6O/c27-26(28,29)25-31-12-18(13-32-25)33-24(36)23-19-8-16(3-4-21(19)34-22-9-20(22)23)17-7-15(10-30-11-17)14-35-5-1-2-6-35/h3-4,7-8,10-13,22,34H,1-2,5-6,9,14H2,(H,33,36). The zero-order chi connectivity index (χ0) is 24.9. The van der Waals surface area contributed by atoms with E-state index in [0.29, 0.717) is 5.57 Å². The van der Waals surface area contributed by atoms with Gasteiger partial charge in [-0.1, -0.05) is 6.07 Å². The molecule has 4 heterocycles. The molecule has 184 valence electrons. The molecule has 7 nitrogen and oxygen atoms in total. The molecule has 2 aliphatic heterocycles. The molecule has 0 bridgehead atoms. The third-order valence-electron chi connectivity index (χ3n) is 6.75. The van der Waals surface area contributed by atoms with Crippen LogP contribution in [0, 0.1) is 0 Å². The van der Waals surface area contributed by atoms with Crippen molar-refractivity contribution in [1.29, 1.82) is 0 Å². The topological polar surface area (TPSA) is 83.0 Å². The van der Waals surface area contributed by atoms with E-state index in [1.165, 1.54) is 12.8 Å². The van der Waals surface area contributed by atoms with Crippen LogP contribution in [0.2, 0.25) is 0 Å². The number of alkyl halides is 3. The summed E-state index contributed by atoms with van der Waals surface area (Å²) in [5.41, 5.74) is 6.27. The normalized spacial score (nSPS) is 18.9. The summed E-state index contributed by atoms with van der Waals surface area (Å²) in [6.07, 6.45) is 4.20. The summed E-state index contributed by atoms with van der Waals surface area (Å²) < 4.78 is 38.3. The van der Waals surface area contributed by atoms with Crippen molar-refractivity contribution in [2.45, 2.75) is 38.0 Å². The lowest BCUT2D eigenvalue weighted by molar-refractivity contribution is -0.144.